The normalized spacial score (nSPS) is 20.3. The van der Waals surface area contributed by atoms with Crippen molar-refractivity contribution in [1.29, 1.82) is 0 Å². The molecule has 2 N–H and O–H groups in total. The first kappa shape index (κ1) is 13.9. The molecule has 2 nitrogen and oxygen atoms in total. The van der Waals surface area contributed by atoms with Crippen LogP contribution in [0.15, 0.2) is 24.3 Å². The molecule has 0 saturated carbocycles. The van der Waals surface area contributed by atoms with Gasteiger partial charge in [-0.05, 0) is 49.7 Å². The highest BCUT2D eigenvalue weighted by Crippen LogP contribution is 2.24. The van der Waals surface area contributed by atoms with Crippen LogP contribution in [-0.2, 0) is 5.41 Å². The molecule has 100 valence electrons. The highest BCUT2D eigenvalue weighted by Gasteiger charge is 2.21. The smallest absolute Gasteiger partial charge is 0.0406 e. The quantitative estimate of drug-likeness (QED) is 0.856. The van der Waals surface area contributed by atoms with Crippen molar-refractivity contribution in [2.75, 3.05) is 26.2 Å². The highest BCUT2D eigenvalue weighted by molar-refractivity contribution is 6.30. The fourth-order valence-electron chi connectivity index (χ4n) is 2.48. The van der Waals surface area contributed by atoms with Crippen LogP contribution >= 0.6 is 11.6 Å². The van der Waals surface area contributed by atoms with Crippen molar-refractivity contribution in [2.45, 2.75) is 25.7 Å². The first-order valence-electron chi connectivity index (χ1n) is 6.75. The Labute approximate surface area is 115 Å². The Morgan fingerprint density at radius 1 is 1.33 bits per heavy atom. The van der Waals surface area contributed by atoms with E-state index in [1.807, 2.05) is 12.1 Å². The van der Waals surface area contributed by atoms with E-state index in [-0.39, 0.29) is 5.41 Å². The number of hydrogen-bond donors (Lipinski definition) is 2. The topological polar surface area (TPSA) is 24.1 Å². The molecule has 1 aliphatic heterocycles. The zero-order chi connectivity index (χ0) is 13.0. The summed E-state index contributed by atoms with van der Waals surface area (Å²) in [6.45, 7) is 9.00. The molecule has 1 fully saturated rings. The molecule has 0 spiro atoms. The van der Waals surface area contributed by atoms with Crippen LogP contribution in [-0.4, -0.2) is 26.2 Å². The summed E-state index contributed by atoms with van der Waals surface area (Å²) in [6.07, 6.45) is 1.30. The van der Waals surface area contributed by atoms with Gasteiger partial charge in [-0.1, -0.05) is 37.6 Å². The molecule has 0 bridgehead atoms. The zero-order valence-corrected chi connectivity index (χ0v) is 12.1. The summed E-state index contributed by atoms with van der Waals surface area (Å²) in [7, 11) is 0. The van der Waals surface area contributed by atoms with E-state index in [1.54, 1.807) is 0 Å². The summed E-state index contributed by atoms with van der Waals surface area (Å²) in [4.78, 5) is 0. The molecule has 18 heavy (non-hydrogen) atoms. The first-order valence-corrected chi connectivity index (χ1v) is 7.13. The SMILES string of the molecule is CC(C)(CNCC1CCNC1)c1ccc(Cl)cc1. The van der Waals surface area contributed by atoms with Crippen LogP contribution in [0.1, 0.15) is 25.8 Å². The molecule has 0 radical (unpaired) electrons. The maximum Gasteiger partial charge on any atom is 0.0406 e. The Bertz CT molecular complexity index is 367. The number of hydrogen-bond acceptors (Lipinski definition) is 2. The van der Waals surface area contributed by atoms with Gasteiger partial charge in [-0.25, -0.2) is 0 Å². The molecular formula is C15H23ClN2. The first-order chi connectivity index (χ1) is 8.58. The van der Waals surface area contributed by atoms with E-state index in [4.69, 9.17) is 11.6 Å². The van der Waals surface area contributed by atoms with Gasteiger partial charge in [-0.15, -0.1) is 0 Å². The molecular weight excluding hydrogens is 244 g/mol. The van der Waals surface area contributed by atoms with Gasteiger partial charge in [0, 0.05) is 17.0 Å². The fourth-order valence-corrected chi connectivity index (χ4v) is 2.61. The van der Waals surface area contributed by atoms with Gasteiger partial charge in [0.2, 0.25) is 0 Å². The summed E-state index contributed by atoms with van der Waals surface area (Å²) < 4.78 is 0. The van der Waals surface area contributed by atoms with Gasteiger partial charge in [0.25, 0.3) is 0 Å². The van der Waals surface area contributed by atoms with Crippen molar-refractivity contribution in [3.63, 3.8) is 0 Å². The van der Waals surface area contributed by atoms with Crippen molar-refractivity contribution in [3.8, 4) is 0 Å². The summed E-state index contributed by atoms with van der Waals surface area (Å²) in [6, 6.07) is 8.20. The molecule has 1 aromatic carbocycles. The van der Waals surface area contributed by atoms with E-state index in [0.717, 1.165) is 30.6 Å². The Morgan fingerprint density at radius 3 is 2.67 bits per heavy atom. The van der Waals surface area contributed by atoms with Crippen LogP contribution < -0.4 is 10.6 Å². The lowest BCUT2D eigenvalue weighted by molar-refractivity contribution is 0.431. The standard InChI is InChI=1S/C15H23ClN2/c1-15(2,13-3-5-14(16)6-4-13)11-18-10-12-7-8-17-9-12/h3-6,12,17-18H,7-11H2,1-2H3. The van der Waals surface area contributed by atoms with Crippen LogP contribution in [0.25, 0.3) is 0 Å². The van der Waals surface area contributed by atoms with E-state index in [0.29, 0.717) is 0 Å². The van der Waals surface area contributed by atoms with Gasteiger partial charge in [-0.2, -0.15) is 0 Å². The molecule has 2 rings (SSSR count). The molecule has 1 aromatic rings. The number of halogens is 1. The van der Waals surface area contributed by atoms with E-state index in [9.17, 15) is 0 Å². The van der Waals surface area contributed by atoms with Crippen molar-refractivity contribution in [2.24, 2.45) is 5.92 Å². The molecule has 0 aromatic heterocycles. The average molecular weight is 267 g/mol. The van der Waals surface area contributed by atoms with Crippen molar-refractivity contribution in [1.82, 2.24) is 10.6 Å². The lowest BCUT2D eigenvalue weighted by Crippen LogP contribution is -2.36. The summed E-state index contributed by atoms with van der Waals surface area (Å²) in [5, 5.41) is 7.82. The van der Waals surface area contributed by atoms with Crippen LogP contribution in [0.3, 0.4) is 0 Å². The Hall–Kier alpha value is -0.570. The van der Waals surface area contributed by atoms with E-state index < -0.39 is 0 Å². The van der Waals surface area contributed by atoms with E-state index >= 15 is 0 Å². The number of benzene rings is 1. The van der Waals surface area contributed by atoms with Crippen LogP contribution in [0, 0.1) is 5.92 Å². The summed E-state index contributed by atoms with van der Waals surface area (Å²) >= 11 is 5.93. The Balaban J connectivity index is 1.84. The molecule has 3 heteroatoms. The summed E-state index contributed by atoms with van der Waals surface area (Å²) in [5.74, 6) is 0.797. The monoisotopic (exact) mass is 266 g/mol. The minimum absolute atomic E-state index is 0.149. The molecule has 1 heterocycles. The van der Waals surface area contributed by atoms with Crippen molar-refractivity contribution in [3.05, 3.63) is 34.9 Å². The second kappa shape index (κ2) is 6.05. The molecule has 1 aliphatic rings. The van der Waals surface area contributed by atoms with Gasteiger partial charge in [0.1, 0.15) is 0 Å². The minimum atomic E-state index is 0.149. The van der Waals surface area contributed by atoms with E-state index in [2.05, 4.69) is 36.6 Å². The van der Waals surface area contributed by atoms with Crippen LogP contribution in [0.4, 0.5) is 0 Å². The molecule has 1 saturated heterocycles. The lowest BCUT2D eigenvalue weighted by atomic mass is 9.84. The maximum atomic E-state index is 5.93. The summed E-state index contributed by atoms with van der Waals surface area (Å²) in [5.41, 5.74) is 1.49. The fraction of sp³-hybridized carbons (Fsp3) is 0.600. The lowest BCUT2D eigenvalue weighted by Gasteiger charge is -2.26. The minimum Gasteiger partial charge on any atom is -0.316 e. The van der Waals surface area contributed by atoms with Gasteiger partial charge in [-0.3, -0.25) is 0 Å². The Morgan fingerprint density at radius 2 is 2.06 bits per heavy atom. The number of rotatable bonds is 5. The number of nitrogens with one attached hydrogen (secondary N) is 2. The van der Waals surface area contributed by atoms with Gasteiger partial charge in [0.15, 0.2) is 0 Å². The molecule has 1 unspecified atom stereocenters. The third-order valence-electron chi connectivity index (χ3n) is 3.79. The predicted molar refractivity (Wildman–Crippen MR) is 78.3 cm³/mol. The highest BCUT2D eigenvalue weighted by atomic mass is 35.5. The maximum absolute atomic E-state index is 5.93. The third-order valence-corrected chi connectivity index (χ3v) is 4.04. The zero-order valence-electron chi connectivity index (χ0n) is 11.3. The second-order valence-corrected chi connectivity index (χ2v) is 6.32. The van der Waals surface area contributed by atoms with Crippen molar-refractivity contribution >= 4 is 11.6 Å². The van der Waals surface area contributed by atoms with Crippen LogP contribution in [0.5, 0.6) is 0 Å². The predicted octanol–water partition coefficient (Wildman–Crippen LogP) is 2.82. The van der Waals surface area contributed by atoms with Gasteiger partial charge in [0.05, 0.1) is 0 Å². The second-order valence-electron chi connectivity index (χ2n) is 5.88. The largest absolute Gasteiger partial charge is 0.316 e. The van der Waals surface area contributed by atoms with Crippen LogP contribution in [0.2, 0.25) is 5.02 Å². The molecule has 0 amide bonds. The third kappa shape index (κ3) is 3.71. The molecule has 1 atom stereocenters. The Kier molecular flexibility index (Phi) is 4.66. The van der Waals surface area contributed by atoms with Gasteiger partial charge < -0.3 is 10.6 Å². The van der Waals surface area contributed by atoms with Gasteiger partial charge >= 0.3 is 0 Å². The molecule has 0 aliphatic carbocycles. The van der Waals surface area contributed by atoms with E-state index in [1.165, 1.54) is 18.5 Å². The average Bonchev–Trinajstić information content (AvgIpc) is 2.82. The van der Waals surface area contributed by atoms with Crippen molar-refractivity contribution < 1.29 is 0 Å².